The van der Waals surface area contributed by atoms with Crippen LogP contribution in [0.1, 0.15) is 18.4 Å². The molecule has 5 rings (SSSR count). The fourth-order valence-electron chi connectivity index (χ4n) is 5.58. The van der Waals surface area contributed by atoms with Crippen LogP contribution in [0.2, 0.25) is 0 Å². The molecule has 3 aliphatic rings. The van der Waals surface area contributed by atoms with Gasteiger partial charge in [-0.1, -0.05) is 0 Å². The maximum absolute atomic E-state index is 13.9. The zero-order valence-corrected chi connectivity index (χ0v) is 16.0. The van der Waals surface area contributed by atoms with Gasteiger partial charge in [0.05, 0.1) is 11.9 Å². The second-order valence-corrected chi connectivity index (χ2v) is 9.94. The van der Waals surface area contributed by atoms with Gasteiger partial charge >= 0.3 is 0 Å². The van der Waals surface area contributed by atoms with Crippen molar-refractivity contribution in [2.75, 3.05) is 19.3 Å². The molecule has 2 aromatic rings. The Kier molecular flexibility index (Phi) is 3.93. The maximum Gasteiger partial charge on any atom is 0.211 e. The Hall–Kier alpha value is -1.77. The van der Waals surface area contributed by atoms with E-state index in [-0.39, 0.29) is 17.9 Å². The van der Waals surface area contributed by atoms with Gasteiger partial charge in [0.2, 0.25) is 10.0 Å². The number of hydrogen-bond donors (Lipinski definition) is 0. The van der Waals surface area contributed by atoms with E-state index in [0.29, 0.717) is 18.4 Å². The predicted molar refractivity (Wildman–Crippen MR) is 99.3 cm³/mol. The van der Waals surface area contributed by atoms with E-state index in [9.17, 15) is 12.8 Å². The predicted octanol–water partition coefficient (Wildman–Crippen LogP) is 1.87. The summed E-state index contributed by atoms with van der Waals surface area (Å²) in [6, 6.07) is 6.94. The quantitative estimate of drug-likeness (QED) is 0.800. The van der Waals surface area contributed by atoms with Crippen molar-refractivity contribution in [3.63, 3.8) is 0 Å². The van der Waals surface area contributed by atoms with Crippen LogP contribution in [0.25, 0.3) is 5.69 Å². The number of hydrogen-bond acceptors (Lipinski definition) is 4. The van der Waals surface area contributed by atoms with Crippen LogP contribution in [-0.2, 0) is 16.6 Å². The largest absolute Gasteiger partial charge is 0.298 e. The summed E-state index contributed by atoms with van der Waals surface area (Å²) < 4.78 is 41.8. The van der Waals surface area contributed by atoms with E-state index in [1.165, 1.54) is 12.3 Å². The lowest BCUT2D eigenvalue weighted by molar-refractivity contribution is 0.262. The molecule has 0 aliphatic carbocycles. The molecular formula is C19H23FN4O2S. The second kappa shape index (κ2) is 6.12. The fraction of sp³-hybridized carbons (Fsp3) is 0.526. The van der Waals surface area contributed by atoms with Gasteiger partial charge in [-0.3, -0.25) is 4.90 Å². The van der Waals surface area contributed by atoms with Crippen molar-refractivity contribution in [2.45, 2.75) is 31.5 Å². The minimum Gasteiger partial charge on any atom is -0.298 e. The van der Waals surface area contributed by atoms with Gasteiger partial charge < -0.3 is 0 Å². The van der Waals surface area contributed by atoms with E-state index in [4.69, 9.17) is 0 Å². The van der Waals surface area contributed by atoms with Crippen molar-refractivity contribution in [3.05, 3.63) is 48.0 Å². The number of likely N-dealkylation sites (tertiary alicyclic amines) is 1. The van der Waals surface area contributed by atoms with Crippen molar-refractivity contribution in [1.82, 2.24) is 19.0 Å². The smallest absolute Gasteiger partial charge is 0.211 e. The number of fused-ring (bicyclic) bond motifs is 5. The second-order valence-electron chi connectivity index (χ2n) is 8.05. The fourth-order valence-corrected chi connectivity index (χ4v) is 7.09. The number of nitrogens with zero attached hydrogens (tertiary/aromatic N) is 4. The molecule has 8 heteroatoms. The van der Waals surface area contributed by atoms with E-state index < -0.39 is 10.0 Å². The molecule has 2 bridgehead atoms. The normalized spacial score (nSPS) is 30.9. The summed E-state index contributed by atoms with van der Waals surface area (Å²) in [7, 11) is -3.15. The lowest BCUT2D eigenvalue weighted by Crippen LogP contribution is -2.39. The third-order valence-electron chi connectivity index (χ3n) is 6.46. The Bertz CT molecular complexity index is 942. The van der Waals surface area contributed by atoms with Gasteiger partial charge in [-0.15, -0.1) is 0 Å². The average Bonchev–Trinajstić information content (AvgIpc) is 3.35. The molecule has 3 saturated heterocycles. The molecule has 3 aliphatic heterocycles. The third-order valence-corrected chi connectivity index (χ3v) is 7.77. The highest BCUT2D eigenvalue weighted by molar-refractivity contribution is 7.88. The molecule has 3 fully saturated rings. The molecule has 0 saturated carbocycles. The van der Waals surface area contributed by atoms with Crippen molar-refractivity contribution in [3.8, 4) is 5.69 Å². The molecule has 0 N–H and O–H groups in total. The number of rotatable bonds is 4. The average molecular weight is 390 g/mol. The molecule has 4 heterocycles. The molecule has 0 spiro atoms. The van der Waals surface area contributed by atoms with E-state index in [2.05, 4.69) is 10.00 Å². The summed E-state index contributed by atoms with van der Waals surface area (Å²) in [5, 5.41) is 4.28. The van der Waals surface area contributed by atoms with Gasteiger partial charge in [0.15, 0.2) is 0 Å². The Balaban J connectivity index is 1.38. The van der Waals surface area contributed by atoms with E-state index >= 15 is 0 Å². The molecule has 0 unspecified atom stereocenters. The summed E-state index contributed by atoms with van der Waals surface area (Å²) in [5.74, 6) is 0.531. The van der Waals surface area contributed by atoms with Gasteiger partial charge in [0, 0.05) is 44.1 Å². The molecule has 144 valence electrons. The summed E-state index contributed by atoms with van der Waals surface area (Å²) in [5.41, 5.74) is 1.80. The van der Waals surface area contributed by atoms with Gasteiger partial charge in [-0.2, -0.15) is 9.40 Å². The Labute approximate surface area is 158 Å². The first-order valence-corrected chi connectivity index (χ1v) is 11.3. The molecule has 4 atom stereocenters. The Morgan fingerprint density at radius 3 is 2.48 bits per heavy atom. The van der Waals surface area contributed by atoms with Crippen molar-refractivity contribution in [1.29, 1.82) is 0 Å². The van der Waals surface area contributed by atoms with Crippen molar-refractivity contribution >= 4 is 10.0 Å². The van der Waals surface area contributed by atoms with E-state index in [1.807, 2.05) is 12.3 Å². The first kappa shape index (κ1) is 17.3. The lowest BCUT2D eigenvalue weighted by atomic mass is 9.82. The van der Waals surface area contributed by atoms with Crippen LogP contribution in [0.4, 0.5) is 4.39 Å². The molecule has 1 aromatic carbocycles. The maximum atomic E-state index is 13.9. The Morgan fingerprint density at radius 2 is 1.89 bits per heavy atom. The highest BCUT2D eigenvalue weighted by Gasteiger charge is 2.59. The van der Waals surface area contributed by atoms with Crippen LogP contribution in [0.5, 0.6) is 0 Å². The van der Waals surface area contributed by atoms with Crippen molar-refractivity contribution < 1.29 is 12.8 Å². The summed E-state index contributed by atoms with van der Waals surface area (Å²) >= 11 is 0. The summed E-state index contributed by atoms with van der Waals surface area (Å²) in [6.07, 6.45) is 6.83. The van der Waals surface area contributed by atoms with Crippen LogP contribution in [0, 0.1) is 17.7 Å². The zero-order valence-electron chi connectivity index (χ0n) is 15.2. The highest BCUT2D eigenvalue weighted by Crippen LogP contribution is 2.50. The monoisotopic (exact) mass is 390 g/mol. The molecule has 27 heavy (non-hydrogen) atoms. The molecule has 0 radical (unpaired) electrons. The van der Waals surface area contributed by atoms with Gasteiger partial charge in [-0.05, 0) is 54.5 Å². The number of benzene rings is 1. The first-order chi connectivity index (χ1) is 12.9. The number of halogens is 1. The molecule has 1 aromatic heterocycles. The molecule has 6 nitrogen and oxygen atoms in total. The SMILES string of the molecule is CS(=O)(=O)N1[C@@H]2CC[C@H]1[C@H]1CN(Cc3cc(F)ccc3-n3cccn3)C[C@H]12. The van der Waals surface area contributed by atoms with Gasteiger partial charge in [-0.25, -0.2) is 17.5 Å². The summed E-state index contributed by atoms with van der Waals surface area (Å²) in [6.45, 7) is 2.39. The van der Waals surface area contributed by atoms with E-state index in [1.54, 1.807) is 27.3 Å². The number of aromatic nitrogens is 2. The first-order valence-electron chi connectivity index (χ1n) is 9.41. The van der Waals surface area contributed by atoms with Crippen molar-refractivity contribution in [2.24, 2.45) is 11.8 Å². The van der Waals surface area contributed by atoms with Crippen LogP contribution < -0.4 is 0 Å². The van der Waals surface area contributed by atoms with Crippen LogP contribution in [-0.4, -0.2) is 58.8 Å². The Morgan fingerprint density at radius 1 is 1.19 bits per heavy atom. The topological polar surface area (TPSA) is 58.4 Å². The lowest BCUT2D eigenvalue weighted by Gasteiger charge is -2.25. The summed E-state index contributed by atoms with van der Waals surface area (Å²) in [4.78, 5) is 2.35. The number of sulfonamides is 1. The van der Waals surface area contributed by atoms with Gasteiger partial charge in [0.1, 0.15) is 5.82 Å². The minimum atomic E-state index is -3.15. The van der Waals surface area contributed by atoms with Crippen LogP contribution in [0.15, 0.2) is 36.7 Å². The standard InChI is InChI=1S/C19H23FN4O2S/c1-27(25,26)24-18-5-6-19(24)16-12-22(11-15(16)18)10-13-9-14(20)3-4-17(13)23-8-2-7-21-23/h2-4,7-9,15-16,18-19H,5-6,10-12H2,1H3/t15-,16+,18-,19+. The van der Waals surface area contributed by atoms with Gasteiger partial charge in [0.25, 0.3) is 0 Å². The highest BCUT2D eigenvalue weighted by atomic mass is 32.2. The van der Waals surface area contributed by atoms with E-state index in [0.717, 1.165) is 37.2 Å². The third kappa shape index (κ3) is 2.81. The zero-order chi connectivity index (χ0) is 18.8. The minimum absolute atomic E-state index is 0.137. The molecule has 0 amide bonds. The van der Waals surface area contributed by atoms with Crippen LogP contribution >= 0.6 is 0 Å². The molecular weight excluding hydrogens is 367 g/mol. The van der Waals surface area contributed by atoms with Crippen LogP contribution in [0.3, 0.4) is 0 Å².